The number of carbonyl (C=O) groups excluding carboxylic acids is 1. The fourth-order valence-electron chi connectivity index (χ4n) is 1.55. The Kier molecular flexibility index (Phi) is 3.85. The Labute approximate surface area is 120 Å². The number of benzene rings is 1. The molecule has 1 N–H and O–H groups in total. The molecule has 1 aromatic heterocycles. The van der Waals surface area contributed by atoms with Gasteiger partial charge in [-0.2, -0.15) is 18.3 Å². The molecule has 8 heteroatoms. The standard InChI is InChI=1S/C12H9BrF3N3O/c1-19-5-4-10(18-19)17-11(20)7-2-3-9(13)8(6-7)12(14,15)16/h2-6H,1H3,(H,17,18,20). The Bertz CT molecular complexity index is 652. The summed E-state index contributed by atoms with van der Waals surface area (Å²) in [6.07, 6.45) is -2.92. The van der Waals surface area contributed by atoms with Crippen LogP contribution in [0.3, 0.4) is 0 Å². The maximum atomic E-state index is 12.7. The minimum atomic E-state index is -4.53. The van der Waals surface area contributed by atoms with Crippen LogP contribution in [0, 0.1) is 0 Å². The Morgan fingerprint density at radius 2 is 2.05 bits per heavy atom. The molecule has 0 radical (unpaired) electrons. The molecule has 0 fully saturated rings. The molecule has 0 aliphatic heterocycles. The van der Waals surface area contributed by atoms with E-state index >= 15 is 0 Å². The molecule has 0 atom stereocenters. The summed E-state index contributed by atoms with van der Waals surface area (Å²) in [6.45, 7) is 0. The number of alkyl halides is 3. The van der Waals surface area contributed by atoms with Crippen molar-refractivity contribution in [3.8, 4) is 0 Å². The van der Waals surface area contributed by atoms with E-state index in [1.165, 1.54) is 16.8 Å². The number of carbonyl (C=O) groups is 1. The van der Waals surface area contributed by atoms with Gasteiger partial charge in [-0.05, 0) is 18.2 Å². The molecular weight excluding hydrogens is 339 g/mol. The number of nitrogens with one attached hydrogen (secondary N) is 1. The maximum absolute atomic E-state index is 12.7. The lowest BCUT2D eigenvalue weighted by Gasteiger charge is -2.10. The summed E-state index contributed by atoms with van der Waals surface area (Å²) in [7, 11) is 1.66. The van der Waals surface area contributed by atoms with Crippen LogP contribution in [0.2, 0.25) is 0 Å². The Morgan fingerprint density at radius 1 is 1.35 bits per heavy atom. The minimum absolute atomic E-state index is 0.0915. The normalized spacial score (nSPS) is 11.4. The van der Waals surface area contributed by atoms with Gasteiger partial charge in [0.2, 0.25) is 0 Å². The molecule has 2 rings (SSSR count). The van der Waals surface area contributed by atoms with Gasteiger partial charge in [-0.25, -0.2) is 0 Å². The third-order valence-electron chi connectivity index (χ3n) is 2.49. The molecule has 106 valence electrons. The lowest BCUT2D eigenvalue weighted by Crippen LogP contribution is -2.15. The van der Waals surface area contributed by atoms with Crippen LogP contribution in [-0.2, 0) is 13.2 Å². The molecule has 0 saturated carbocycles. The lowest BCUT2D eigenvalue weighted by molar-refractivity contribution is -0.138. The first kappa shape index (κ1) is 14.6. The van der Waals surface area contributed by atoms with Crippen molar-refractivity contribution in [2.24, 2.45) is 7.05 Å². The van der Waals surface area contributed by atoms with Crippen molar-refractivity contribution in [2.45, 2.75) is 6.18 Å². The van der Waals surface area contributed by atoms with Crippen LogP contribution in [0.5, 0.6) is 0 Å². The number of hydrogen-bond donors (Lipinski definition) is 1. The van der Waals surface area contributed by atoms with Crippen molar-refractivity contribution in [1.82, 2.24) is 9.78 Å². The van der Waals surface area contributed by atoms with Gasteiger partial charge < -0.3 is 5.32 Å². The first-order valence-corrected chi connectivity index (χ1v) is 6.24. The predicted molar refractivity (Wildman–Crippen MR) is 70.3 cm³/mol. The molecule has 0 bridgehead atoms. The summed E-state index contributed by atoms with van der Waals surface area (Å²) in [5.74, 6) is -0.379. The molecule has 1 aromatic carbocycles. The zero-order chi connectivity index (χ0) is 14.9. The van der Waals surface area contributed by atoms with E-state index < -0.39 is 17.6 Å². The Balaban J connectivity index is 2.27. The highest BCUT2D eigenvalue weighted by Gasteiger charge is 2.33. The number of nitrogens with zero attached hydrogens (tertiary/aromatic N) is 2. The molecule has 0 unspecified atom stereocenters. The van der Waals surface area contributed by atoms with Gasteiger partial charge in [0.15, 0.2) is 5.82 Å². The topological polar surface area (TPSA) is 46.9 Å². The van der Waals surface area contributed by atoms with Crippen LogP contribution in [0.1, 0.15) is 15.9 Å². The largest absolute Gasteiger partial charge is 0.417 e. The predicted octanol–water partition coefficient (Wildman–Crippen LogP) is 3.45. The van der Waals surface area contributed by atoms with E-state index in [1.54, 1.807) is 19.3 Å². The highest BCUT2D eigenvalue weighted by atomic mass is 79.9. The van der Waals surface area contributed by atoms with E-state index in [2.05, 4.69) is 26.3 Å². The van der Waals surface area contributed by atoms with Gasteiger partial charge in [0.25, 0.3) is 5.91 Å². The summed E-state index contributed by atoms with van der Waals surface area (Å²) < 4.78 is 39.6. The van der Waals surface area contributed by atoms with E-state index in [-0.39, 0.29) is 15.9 Å². The highest BCUT2D eigenvalue weighted by molar-refractivity contribution is 9.10. The van der Waals surface area contributed by atoms with E-state index in [1.807, 2.05) is 0 Å². The van der Waals surface area contributed by atoms with Crippen molar-refractivity contribution in [3.05, 3.63) is 46.1 Å². The zero-order valence-corrected chi connectivity index (χ0v) is 11.8. The smallest absolute Gasteiger partial charge is 0.305 e. The molecule has 1 heterocycles. The Hall–Kier alpha value is -1.83. The maximum Gasteiger partial charge on any atom is 0.417 e. The van der Waals surface area contributed by atoms with Crippen LogP contribution in [-0.4, -0.2) is 15.7 Å². The second-order valence-electron chi connectivity index (χ2n) is 4.02. The number of aryl methyl sites for hydroxylation is 1. The molecule has 2 aromatic rings. The number of rotatable bonds is 2. The number of aromatic nitrogens is 2. The Morgan fingerprint density at radius 3 is 2.60 bits per heavy atom. The summed E-state index contributed by atoms with van der Waals surface area (Å²) in [5, 5.41) is 6.34. The molecule has 1 amide bonds. The van der Waals surface area contributed by atoms with E-state index in [4.69, 9.17) is 0 Å². The van der Waals surface area contributed by atoms with Crippen LogP contribution >= 0.6 is 15.9 Å². The number of halogens is 4. The van der Waals surface area contributed by atoms with Crippen molar-refractivity contribution in [3.63, 3.8) is 0 Å². The van der Waals surface area contributed by atoms with Crippen LogP contribution in [0.4, 0.5) is 19.0 Å². The third kappa shape index (κ3) is 3.19. The monoisotopic (exact) mass is 347 g/mol. The molecule has 0 spiro atoms. The number of amides is 1. The summed E-state index contributed by atoms with van der Waals surface area (Å²) >= 11 is 2.82. The van der Waals surface area contributed by atoms with E-state index in [0.29, 0.717) is 0 Å². The highest BCUT2D eigenvalue weighted by Crippen LogP contribution is 2.35. The van der Waals surface area contributed by atoms with Crippen molar-refractivity contribution in [2.75, 3.05) is 5.32 Å². The van der Waals surface area contributed by atoms with Crippen LogP contribution in [0.25, 0.3) is 0 Å². The first-order chi connectivity index (χ1) is 9.27. The fourth-order valence-corrected chi connectivity index (χ4v) is 2.03. The van der Waals surface area contributed by atoms with Gasteiger partial charge in [0.05, 0.1) is 5.56 Å². The van der Waals surface area contributed by atoms with Gasteiger partial charge >= 0.3 is 6.18 Å². The number of hydrogen-bond acceptors (Lipinski definition) is 2. The average Bonchev–Trinajstić information content (AvgIpc) is 2.73. The zero-order valence-electron chi connectivity index (χ0n) is 10.2. The summed E-state index contributed by atoms with van der Waals surface area (Å²) in [5.41, 5.74) is -0.989. The number of anilines is 1. The minimum Gasteiger partial charge on any atom is -0.305 e. The molecule has 4 nitrogen and oxygen atoms in total. The van der Waals surface area contributed by atoms with Gasteiger partial charge in [-0.15, -0.1) is 0 Å². The van der Waals surface area contributed by atoms with Crippen LogP contribution < -0.4 is 5.32 Å². The molecule has 20 heavy (non-hydrogen) atoms. The first-order valence-electron chi connectivity index (χ1n) is 5.45. The van der Waals surface area contributed by atoms with Gasteiger partial charge in [-0.3, -0.25) is 9.48 Å². The molecule has 0 aliphatic carbocycles. The lowest BCUT2D eigenvalue weighted by atomic mass is 10.1. The van der Waals surface area contributed by atoms with E-state index in [9.17, 15) is 18.0 Å². The average molecular weight is 348 g/mol. The third-order valence-corrected chi connectivity index (χ3v) is 3.18. The molecule has 0 saturated heterocycles. The molecule has 0 aliphatic rings. The molecular formula is C12H9BrF3N3O. The van der Waals surface area contributed by atoms with Crippen molar-refractivity contribution in [1.29, 1.82) is 0 Å². The van der Waals surface area contributed by atoms with Gasteiger partial charge in [-0.1, -0.05) is 15.9 Å². The summed E-state index contributed by atoms with van der Waals surface area (Å²) in [6, 6.07) is 4.83. The second-order valence-corrected chi connectivity index (χ2v) is 4.88. The van der Waals surface area contributed by atoms with Crippen molar-refractivity contribution >= 4 is 27.7 Å². The van der Waals surface area contributed by atoms with E-state index in [0.717, 1.165) is 6.07 Å². The summed E-state index contributed by atoms with van der Waals surface area (Å²) in [4.78, 5) is 11.9. The van der Waals surface area contributed by atoms with Gasteiger partial charge in [0, 0.05) is 29.3 Å². The SMILES string of the molecule is Cn1ccc(NC(=O)c2ccc(Br)c(C(F)(F)F)c2)n1. The quantitative estimate of drug-likeness (QED) is 0.904. The van der Waals surface area contributed by atoms with Crippen LogP contribution in [0.15, 0.2) is 34.9 Å². The van der Waals surface area contributed by atoms with Gasteiger partial charge in [0.1, 0.15) is 0 Å². The van der Waals surface area contributed by atoms with Crippen molar-refractivity contribution < 1.29 is 18.0 Å². The second kappa shape index (κ2) is 5.28. The fraction of sp³-hybridized carbons (Fsp3) is 0.167.